The van der Waals surface area contributed by atoms with Gasteiger partial charge in [-0.05, 0) is 43.3 Å². The molecule has 1 aromatic carbocycles. The number of anilines is 2. The van der Waals surface area contributed by atoms with E-state index in [1.807, 2.05) is 0 Å². The smallest absolute Gasteiger partial charge is 0.324 e. The molecule has 0 fully saturated rings. The van der Waals surface area contributed by atoms with Gasteiger partial charge in [0.15, 0.2) is 11.4 Å². The summed E-state index contributed by atoms with van der Waals surface area (Å²) in [6.45, 7) is 1.08. The van der Waals surface area contributed by atoms with Crippen LogP contribution in [0, 0.1) is 6.92 Å². The fourth-order valence-corrected chi connectivity index (χ4v) is 2.51. The number of hydrogen-bond acceptors (Lipinski definition) is 4. The highest BCUT2D eigenvalue weighted by atomic mass is 19.4. The normalized spacial score (nSPS) is 11.3. The Morgan fingerprint density at radius 3 is 2.17 bits per heavy atom. The topological polar surface area (TPSA) is 93.8 Å². The maximum Gasteiger partial charge on any atom is 0.435 e. The Kier molecular flexibility index (Phi) is 5.39. The molecule has 29 heavy (non-hydrogen) atoms. The fraction of sp³-hybridized carbons (Fsp3) is 0.222. The zero-order valence-corrected chi connectivity index (χ0v) is 15.5. The van der Waals surface area contributed by atoms with E-state index in [1.165, 1.54) is 11.6 Å². The van der Waals surface area contributed by atoms with Crippen molar-refractivity contribution in [2.45, 2.75) is 19.6 Å². The lowest BCUT2D eigenvalue weighted by Gasteiger charge is -2.08. The van der Waals surface area contributed by atoms with Gasteiger partial charge in [0.25, 0.3) is 5.91 Å². The molecule has 0 saturated heterocycles. The zero-order valence-electron chi connectivity index (χ0n) is 15.5. The third-order valence-corrected chi connectivity index (χ3v) is 3.94. The van der Waals surface area contributed by atoms with Crippen LogP contribution in [-0.4, -0.2) is 31.4 Å². The number of hydrogen-bond donors (Lipinski definition) is 2. The van der Waals surface area contributed by atoms with E-state index in [0.29, 0.717) is 11.4 Å². The van der Waals surface area contributed by atoms with Gasteiger partial charge in [0, 0.05) is 30.3 Å². The number of halogens is 3. The molecule has 0 aliphatic heterocycles. The molecule has 2 N–H and O–H groups in total. The maximum absolute atomic E-state index is 12.7. The Hall–Kier alpha value is -3.63. The van der Waals surface area contributed by atoms with Crippen molar-refractivity contribution in [1.29, 1.82) is 0 Å². The lowest BCUT2D eigenvalue weighted by molar-refractivity contribution is -0.141. The van der Waals surface area contributed by atoms with Gasteiger partial charge < -0.3 is 10.6 Å². The summed E-state index contributed by atoms with van der Waals surface area (Å²) >= 11 is 0. The molecule has 0 atom stereocenters. The summed E-state index contributed by atoms with van der Waals surface area (Å²) in [6, 6.07) is 8.73. The highest BCUT2D eigenvalue weighted by molar-refractivity contribution is 6.03. The molecule has 0 spiro atoms. The van der Waals surface area contributed by atoms with Crippen LogP contribution in [0.15, 0.2) is 42.6 Å². The lowest BCUT2D eigenvalue weighted by atomic mass is 10.2. The van der Waals surface area contributed by atoms with Crippen LogP contribution < -0.4 is 10.6 Å². The van der Waals surface area contributed by atoms with Gasteiger partial charge in [0.1, 0.15) is 6.54 Å². The molecular formula is C18H17F3N6O2. The summed E-state index contributed by atoms with van der Waals surface area (Å²) in [7, 11) is 1.70. The Morgan fingerprint density at radius 2 is 1.66 bits per heavy atom. The van der Waals surface area contributed by atoms with Crippen LogP contribution in [0.1, 0.15) is 21.9 Å². The summed E-state index contributed by atoms with van der Waals surface area (Å²) in [6.07, 6.45) is -2.92. The molecule has 8 nitrogen and oxygen atoms in total. The molecule has 0 bridgehead atoms. The summed E-state index contributed by atoms with van der Waals surface area (Å²) < 4.78 is 40.6. The Labute approximate surface area is 163 Å². The highest BCUT2D eigenvalue weighted by Gasteiger charge is 2.34. The monoisotopic (exact) mass is 406 g/mol. The molecule has 3 aromatic rings. The van der Waals surface area contributed by atoms with E-state index in [0.717, 1.165) is 10.7 Å². The minimum atomic E-state index is -4.57. The van der Waals surface area contributed by atoms with Gasteiger partial charge in [-0.2, -0.15) is 23.4 Å². The van der Waals surface area contributed by atoms with Gasteiger partial charge in [-0.1, -0.05) is 0 Å². The van der Waals surface area contributed by atoms with Gasteiger partial charge in [0.05, 0.1) is 0 Å². The Morgan fingerprint density at radius 1 is 1.03 bits per heavy atom. The number of carbonyl (C=O) groups is 2. The first-order valence-corrected chi connectivity index (χ1v) is 8.44. The Bertz CT molecular complexity index is 1040. The fourth-order valence-electron chi connectivity index (χ4n) is 2.51. The molecule has 0 saturated carbocycles. The van der Waals surface area contributed by atoms with Crippen LogP contribution in [0.4, 0.5) is 24.5 Å². The summed E-state index contributed by atoms with van der Waals surface area (Å²) in [4.78, 5) is 24.2. The van der Waals surface area contributed by atoms with Crippen LogP contribution in [0.2, 0.25) is 0 Å². The van der Waals surface area contributed by atoms with Gasteiger partial charge in [-0.15, -0.1) is 0 Å². The average molecular weight is 406 g/mol. The van der Waals surface area contributed by atoms with E-state index < -0.39 is 17.8 Å². The average Bonchev–Trinajstić information content (AvgIpc) is 3.23. The molecule has 2 aromatic heterocycles. The predicted octanol–water partition coefficient (Wildman–Crippen LogP) is 2.83. The molecule has 152 valence electrons. The SMILES string of the molecule is Cc1cc(C(F)(F)F)nn1CC(=O)Nc1ccc(NC(=O)c2ccn(C)n2)cc1. The number of benzene rings is 1. The third-order valence-electron chi connectivity index (χ3n) is 3.94. The number of alkyl halides is 3. The second-order valence-corrected chi connectivity index (χ2v) is 6.28. The van der Waals surface area contributed by atoms with Crippen LogP contribution >= 0.6 is 0 Å². The van der Waals surface area contributed by atoms with Crippen molar-refractivity contribution in [2.75, 3.05) is 10.6 Å². The molecule has 2 amide bonds. The van der Waals surface area contributed by atoms with Crippen molar-refractivity contribution in [3.63, 3.8) is 0 Å². The zero-order chi connectivity index (χ0) is 21.2. The molecule has 11 heteroatoms. The predicted molar refractivity (Wildman–Crippen MR) is 98.2 cm³/mol. The maximum atomic E-state index is 12.7. The van der Waals surface area contributed by atoms with Gasteiger partial charge in [0.2, 0.25) is 5.91 Å². The van der Waals surface area contributed by atoms with Crippen molar-refractivity contribution in [2.24, 2.45) is 7.05 Å². The number of carbonyl (C=O) groups excluding carboxylic acids is 2. The molecular weight excluding hydrogens is 389 g/mol. The van der Waals surface area contributed by atoms with Gasteiger partial charge >= 0.3 is 6.18 Å². The molecule has 3 rings (SSSR count). The summed E-state index contributed by atoms with van der Waals surface area (Å²) in [5.74, 6) is -0.910. The van der Waals surface area contributed by atoms with Crippen LogP contribution in [0.5, 0.6) is 0 Å². The number of nitrogens with zero attached hydrogens (tertiary/aromatic N) is 4. The molecule has 0 unspecified atom stereocenters. The molecule has 0 radical (unpaired) electrons. The quantitative estimate of drug-likeness (QED) is 0.681. The first kappa shape index (κ1) is 20.1. The first-order chi connectivity index (χ1) is 13.6. The van der Waals surface area contributed by atoms with Gasteiger partial charge in [-0.3, -0.25) is 19.0 Å². The van der Waals surface area contributed by atoms with Crippen molar-refractivity contribution in [1.82, 2.24) is 19.6 Å². The lowest BCUT2D eigenvalue weighted by Crippen LogP contribution is -2.21. The first-order valence-electron chi connectivity index (χ1n) is 8.44. The van der Waals surface area contributed by atoms with Crippen LogP contribution in [0.3, 0.4) is 0 Å². The minimum absolute atomic E-state index is 0.222. The summed E-state index contributed by atoms with van der Waals surface area (Å²) in [5.41, 5.74) is 0.358. The Balaban J connectivity index is 1.59. The van der Waals surface area contributed by atoms with E-state index in [2.05, 4.69) is 20.8 Å². The van der Waals surface area contributed by atoms with E-state index in [-0.39, 0.29) is 23.8 Å². The van der Waals surface area contributed by atoms with Crippen molar-refractivity contribution >= 4 is 23.2 Å². The van der Waals surface area contributed by atoms with E-state index in [9.17, 15) is 22.8 Å². The number of aromatic nitrogens is 4. The number of nitrogens with one attached hydrogen (secondary N) is 2. The second kappa shape index (κ2) is 7.78. The standard InChI is InChI=1S/C18H17F3N6O2/c1-11-9-15(18(19,20)21)25-27(11)10-16(28)22-12-3-5-13(6-4-12)23-17(29)14-7-8-26(2)24-14/h3-9H,10H2,1-2H3,(H,22,28)(H,23,29). The largest absolute Gasteiger partial charge is 0.435 e. The van der Waals surface area contributed by atoms with E-state index in [4.69, 9.17) is 0 Å². The van der Waals surface area contributed by atoms with E-state index >= 15 is 0 Å². The van der Waals surface area contributed by atoms with Crippen molar-refractivity contribution < 1.29 is 22.8 Å². The van der Waals surface area contributed by atoms with Gasteiger partial charge in [-0.25, -0.2) is 0 Å². The highest BCUT2D eigenvalue weighted by Crippen LogP contribution is 2.28. The number of amides is 2. The second-order valence-electron chi connectivity index (χ2n) is 6.28. The third kappa shape index (κ3) is 5.00. The van der Waals surface area contributed by atoms with Crippen LogP contribution in [0.25, 0.3) is 0 Å². The molecule has 2 heterocycles. The van der Waals surface area contributed by atoms with Crippen molar-refractivity contribution in [3.05, 3.63) is 59.7 Å². The summed E-state index contributed by atoms with van der Waals surface area (Å²) in [5, 5.41) is 12.7. The number of rotatable bonds is 5. The van der Waals surface area contributed by atoms with E-state index in [1.54, 1.807) is 43.6 Å². The number of aryl methyl sites for hydroxylation is 2. The molecule has 0 aliphatic carbocycles. The van der Waals surface area contributed by atoms with Crippen LogP contribution in [-0.2, 0) is 24.6 Å². The molecule has 0 aliphatic rings. The minimum Gasteiger partial charge on any atom is -0.324 e. The van der Waals surface area contributed by atoms with Crippen molar-refractivity contribution in [3.8, 4) is 0 Å².